The van der Waals surface area contributed by atoms with Gasteiger partial charge in [-0.15, -0.1) is 0 Å². The number of carbonyl (C=O) groups is 2. The van der Waals surface area contributed by atoms with Gasteiger partial charge in [-0.05, 0) is 46.3 Å². The summed E-state index contributed by atoms with van der Waals surface area (Å²) < 4.78 is 5.93. The SMILES string of the molecule is O=C(COc1ccc(Cl)cc1Br)NC(=O)Nc1ccccc1. The molecule has 0 aliphatic heterocycles. The van der Waals surface area contributed by atoms with E-state index in [1.54, 1.807) is 42.5 Å². The predicted molar refractivity (Wildman–Crippen MR) is 88.3 cm³/mol. The Kier molecular flexibility index (Phi) is 5.80. The molecule has 22 heavy (non-hydrogen) atoms. The number of carbonyl (C=O) groups excluding carboxylic acids is 2. The van der Waals surface area contributed by atoms with Gasteiger partial charge in [0.15, 0.2) is 6.61 Å². The summed E-state index contributed by atoms with van der Waals surface area (Å²) in [4.78, 5) is 23.3. The molecule has 0 aliphatic carbocycles. The van der Waals surface area contributed by atoms with Gasteiger partial charge in [0.1, 0.15) is 5.75 Å². The van der Waals surface area contributed by atoms with Crippen LogP contribution in [0.5, 0.6) is 5.75 Å². The number of benzene rings is 2. The standard InChI is InChI=1S/C15H12BrClN2O3/c16-12-8-10(17)6-7-13(12)22-9-14(20)19-15(21)18-11-4-2-1-3-5-11/h1-8H,9H2,(H2,18,19,20,21). The molecule has 0 radical (unpaired) electrons. The van der Waals surface area contributed by atoms with Crippen molar-refractivity contribution in [3.63, 3.8) is 0 Å². The Morgan fingerprint density at radius 2 is 1.86 bits per heavy atom. The third-order valence-corrected chi connectivity index (χ3v) is 3.39. The first-order valence-corrected chi connectivity index (χ1v) is 7.45. The van der Waals surface area contributed by atoms with Gasteiger partial charge in [-0.1, -0.05) is 29.8 Å². The van der Waals surface area contributed by atoms with E-state index in [1.165, 1.54) is 0 Å². The van der Waals surface area contributed by atoms with Crippen molar-refractivity contribution in [2.45, 2.75) is 0 Å². The lowest BCUT2D eigenvalue weighted by Crippen LogP contribution is -2.37. The average molecular weight is 384 g/mol. The topological polar surface area (TPSA) is 67.4 Å². The summed E-state index contributed by atoms with van der Waals surface area (Å²) in [7, 11) is 0. The zero-order valence-electron chi connectivity index (χ0n) is 11.3. The Bertz CT molecular complexity index is 680. The van der Waals surface area contributed by atoms with Gasteiger partial charge in [-0.2, -0.15) is 0 Å². The first-order valence-electron chi connectivity index (χ1n) is 6.28. The molecule has 2 rings (SSSR count). The number of ether oxygens (including phenoxy) is 1. The van der Waals surface area contributed by atoms with Crippen molar-refractivity contribution in [3.8, 4) is 5.75 Å². The Morgan fingerprint density at radius 3 is 2.55 bits per heavy atom. The van der Waals surface area contributed by atoms with Crippen molar-refractivity contribution in [3.05, 3.63) is 58.0 Å². The summed E-state index contributed by atoms with van der Waals surface area (Å²) in [5.74, 6) is -0.0988. The van der Waals surface area contributed by atoms with Crippen molar-refractivity contribution in [1.82, 2.24) is 5.32 Å². The van der Waals surface area contributed by atoms with Crippen LogP contribution >= 0.6 is 27.5 Å². The summed E-state index contributed by atoms with van der Waals surface area (Å²) in [6.07, 6.45) is 0. The minimum atomic E-state index is -0.616. The van der Waals surface area contributed by atoms with Crippen LogP contribution in [0.2, 0.25) is 5.02 Å². The average Bonchev–Trinajstić information content (AvgIpc) is 2.47. The van der Waals surface area contributed by atoms with Crippen molar-refractivity contribution < 1.29 is 14.3 Å². The van der Waals surface area contributed by atoms with Crippen LogP contribution in [0.15, 0.2) is 53.0 Å². The molecule has 7 heteroatoms. The molecule has 0 saturated heterocycles. The molecule has 0 saturated carbocycles. The summed E-state index contributed by atoms with van der Waals surface area (Å²) in [6.45, 7) is -0.289. The highest BCUT2D eigenvalue weighted by molar-refractivity contribution is 9.10. The molecule has 0 heterocycles. The van der Waals surface area contributed by atoms with Crippen molar-refractivity contribution in [2.75, 3.05) is 11.9 Å². The highest BCUT2D eigenvalue weighted by atomic mass is 79.9. The Morgan fingerprint density at radius 1 is 1.14 bits per heavy atom. The van der Waals surface area contributed by atoms with Gasteiger partial charge in [-0.3, -0.25) is 10.1 Å². The van der Waals surface area contributed by atoms with Crippen LogP contribution in [0, 0.1) is 0 Å². The maximum Gasteiger partial charge on any atom is 0.325 e. The van der Waals surface area contributed by atoms with Gasteiger partial charge in [0.2, 0.25) is 0 Å². The first kappa shape index (κ1) is 16.3. The molecule has 0 aromatic heterocycles. The van der Waals surface area contributed by atoms with E-state index in [0.29, 0.717) is 20.9 Å². The minimum absolute atomic E-state index is 0.289. The predicted octanol–water partition coefficient (Wildman–Crippen LogP) is 3.83. The number of nitrogens with one attached hydrogen (secondary N) is 2. The van der Waals surface area contributed by atoms with Crippen LogP contribution in [-0.2, 0) is 4.79 Å². The summed E-state index contributed by atoms with van der Waals surface area (Å²) in [5.41, 5.74) is 0.592. The summed E-state index contributed by atoms with van der Waals surface area (Å²) >= 11 is 9.08. The minimum Gasteiger partial charge on any atom is -0.483 e. The molecule has 0 bridgehead atoms. The van der Waals surface area contributed by atoms with E-state index in [2.05, 4.69) is 26.6 Å². The fourth-order valence-corrected chi connectivity index (χ4v) is 2.38. The second-order valence-corrected chi connectivity index (χ2v) is 5.52. The number of hydrogen-bond acceptors (Lipinski definition) is 3. The zero-order valence-corrected chi connectivity index (χ0v) is 13.6. The molecule has 2 aromatic rings. The first-order chi connectivity index (χ1) is 10.5. The molecule has 0 aliphatic rings. The lowest BCUT2D eigenvalue weighted by molar-refractivity contribution is -0.121. The highest BCUT2D eigenvalue weighted by Crippen LogP contribution is 2.27. The highest BCUT2D eigenvalue weighted by Gasteiger charge is 2.10. The normalized spacial score (nSPS) is 9.91. The van der Waals surface area contributed by atoms with Crippen molar-refractivity contribution in [2.24, 2.45) is 0 Å². The maximum atomic E-state index is 11.7. The number of amides is 3. The Hall–Kier alpha value is -2.05. The van der Waals surface area contributed by atoms with Gasteiger partial charge in [0.05, 0.1) is 4.47 Å². The van der Waals surface area contributed by atoms with E-state index in [-0.39, 0.29) is 6.61 Å². The van der Waals surface area contributed by atoms with Crippen molar-refractivity contribution in [1.29, 1.82) is 0 Å². The van der Waals surface area contributed by atoms with Crippen LogP contribution in [-0.4, -0.2) is 18.5 Å². The second-order valence-electron chi connectivity index (χ2n) is 4.23. The van der Waals surface area contributed by atoms with Gasteiger partial charge in [0, 0.05) is 10.7 Å². The van der Waals surface area contributed by atoms with E-state index in [4.69, 9.17) is 16.3 Å². The van der Waals surface area contributed by atoms with Crippen LogP contribution < -0.4 is 15.4 Å². The smallest absolute Gasteiger partial charge is 0.325 e. The van der Waals surface area contributed by atoms with Gasteiger partial charge < -0.3 is 10.1 Å². The van der Waals surface area contributed by atoms with Crippen molar-refractivity contribution >= 4 is 45.2 Å². The quantitative estimate of drug-likeness (QED) is 0.843. The molecule has 3 amide bonds. The second kappa shape index (κ2) is 7.82. The molecular formula is C15H12BrClN2O3. The fourth-order valence-electron chi connectivity index (χ4n) is 1.58. The van der Waals surface area contributed by atoms with Crippen LogP contribution in [0.1, 0.15) is 0 Å². The third kappa shape index (κ3) is 5.05. The number of para-hydroxylation sites is 1. The molecule has 0 fully saturated rings. The molecule has 0 spiro atoms. The Balaban J connectivity index is 1.81. The summed E-state index contributed by atoms with van der Waals surface area (Å²) in [5, 5.41) is 5.26. The van der Waals surface area contributed by atoms with Gasteiger partial charge in [0.25, 0.3) is 5.91 Å². The molecular weight excluding hydrogens is 372 g/mol. The van der Waals surface area contributed by atoms with Gasteiger partial charge in [-0.25, -0.2) is 4.79 Å². The molecule has 2 N–H and O–H groups in total. The number of urea groups is 1. The molecule has 114 valence electrons. The summed E-state index contributed by atoms with van der Waals surface area (Å²) in [6, 6.07) is 13.1. The molecule has 2 aromatic carbocycles. The monoisotopic (exact) mass is 382 g/mol. The Labute approximate surface area is 140 Å². The van der Waals surface area contributed by atoms with Crippen LogP contribution in [0.3, 0.4) is 0 Å². The number of anilines is 1. The molecule has 5 nitrogen and oxygen atoms in total. The zero-order chi connectivity index (χ0) is 15.9. The lowest BCUT2D eigenvalue weighted by Gasteiger charge is -2.09. The number of imide groups is 1. The van der Waals surface area contributed by atoms with E-state index < -0.39 is 11.9 Å². The third-order valence-electron chi connectivity index (χ3n) is 2.54. The molecule has 0 atom stereocenters. The van der Waals surface area contributed by atoms with Crippen LogP contribution in [0.4, 0.5) is 10.5 Å². The van der Waals surface area contributed by atoms with E-state index >= 15 is 0 Å². The largest absolute Gasteiger partial charge is 0.483 e. The van der Waals surface area contributed by atoms with Crippen LogP contribution in [0.25, 0.3) is 0 Å². The van der Waals surface area contributed by atoms with E-state index in [9.17, 15) is 9.59 Å². The molecule has 0 unspecified atom stereocenters. The fraction of sp³-hybridized carbons (Fsp3) is 0.0667. The number of halogens is 2. The van der Waals surface area contributed by atoms with E-state index in [0.717, 1.165) is 0 Å². The maximum absolute atomic E-state index is 11.7. The van der Waals surface area contributed by atoms with E-state index in [1.807, 2.05) is 6.07 Å². The lowest BCUT2D eigenvalue weighted by atomic mass is 10.3. The number of rotatable bonds is 4. The number of hydrogen-bond donors (Lipinski definition) is 2. The van der Waals surface area contributed by atoms with Gasteiger partial charge >= 0.3 is 6.03 Å².